The lowest BCUT2D eigenvalue weighted by molar-refractivity contribution is 0.415. The van der Waals surface area contributed by atoms with Gasteiger partial charge in [0.25, 0.3) is 0 Å². The van der Waals surface area contributed by atoms with Crippen molar-refractivity contribution in [2.75, 3.05) is 13.8 Å². The second-order valence-electron chi connectivity index (χ2n) is 3.74. The molecule has 0 radical (unpaired) electrons. The fourth-order valence-electron chi connectivity index (χ4n) is 1.83. The van der Waals surface area contributed by atoms with E-state index in [-0.39, 0.29) is 18.4 Å². The predicted octanol–water partition coefficient (Wildman–Crippen LogP) is 2.96. The zero-order chi connectivity index (χ0) is 11.5. The smallest absolute Gasteiger partial charge is 0.119 e. The van der Waals surface area contributed by atoms with Crippen molar-refractivity contribution in [2.24, 2.45) is 5.73 Å². The third-order valence-electron chi connectivity index (χ3n) is 2.74. The molecule has 0 bridgehead atoms. The van der Waals surface area contributed by atoms with Gasteiger partial charge in [0.2, 0.25) is 0 Å². The van der Waals surface area contributed by atoms with Gasteiger partial charge in [-0.25, -0.2) is 0 Å². The quantitative estimate of drug-likeness (QED) is 0.886. The van der Waals surface area contributed by atoms with Crippen LogP contribution in [0, 0.1) is 0 Å². The van der Waals surface area contributed by atoms with E-state index >= 15 is 0 Å². The standard InChI is InChI=1S/C12H15FN2O.ClH/c1-16-8-2-3-12-9(6-8)10(7-15-12)11(14)4-5-13;/h2-3,6-7,11,15H,4-5,14H2,1H3;1H/t11-;/m0./s1. The summed E-state index contributed by atoms with van der Waals surface area (Å²) in [5.41, 5.74) is 7.83. The van der Waals surface area contributed by atoms with E-state index in [0.717, 1.165) is 22.2 Å². The number of halogens is 2. The molecule has 0 fully saturated rings. The number of hydrogen-bond acceptors (Lipinski definition) is 2. The molecule has 17 heavy (non-hydrogen) atoms. The zero-order valence-corrected chi connectivity index (χ0v) is 10.4. The highest BCUT2D eigenvalue weighted by Gasteiger charge is 2.11. The van der Waals surface area contributed by atoms with Gasteiger partial charge >= 0.3 is 0 Å². The van der Waals surface area contributed by atoms with Gasteiger partial charge in [0.1, 0.15) is 5.75 Å². The number of rotatable bonds is 4. The molecule has 0 unspecified atom stereocenters. The van der Waals surface area contributed by atoms with Crippen LogP contribution in [0.25, 0.3) is 10.9 Å². The maximum atomic E-state index is 12.3. The lowest BCUT2D eigenvalue weighted by Crippen LogP contribution is -2.10. The van der Waals surface area contributed by atoms with Crippen LogP contribution < -0.4 is 10.5 Å². The van der Waals surface area contributed by atoms with Gasteiger partial charge in [0.15, 0.2) is 0 Å². The Morgan fingerprint density at radius 3 is 2.88 bits per heavy atom. The molecule has 0 saturated carbocycles. The number of fused-ring (bicyclic) bond motifs is 1. The first-order valence-corrected chi connectivity index (χ1v) is 5.23. The summed E-state index contributed by atoms with van der Waals surface area (Å²) < 4.78 is 17.4. The lowest BCUT2D eigenvalue weighted by atomic mass is 10.0. The van der Waals surface area contributed by atoms with Crippen molar-refractivity contribution in [2.45, 2.75) is 12.5 Å². The second kappa shape index (κ2) is 5.89. The molecule has 1 aromatic carbocycles. The van der Waals surface area contributed by atoms with Gasteiger partial charge in [-0.2, -0.15) is 0 Å². The van der Waals surface area contributed by atoms with Gasteiger partial charge in [-0.05, 0) is 30.2 Å². The highest BCUT2D eigenvalue weighted by atomic mass is 35.5. The van der Waals surface area contributed by atoms with Crippen molar-refractivity contribution >= 4 is 23.3 Å². The van der Waals surface area contributed by atoms with Crippen LogP contribution in [-0.4, -0.2) is 18.8 Å². The summed E-state index contributed by atoms with van der Waals surface area (Å²) in [6.45, 7) is -0.405. The molecule has 1 atom stereocenters. The molecule has 3 nitrogen and oxygen atoms in total. The molecule has 3 N–H and O–H groups in total. The van der Waals surface area contributed by atoms with Crippen molar-refractivity contribution in [3.8, 4) is 5.75 Å². The second-order valence-corrected chi connectivity index (χ2v) is 3.74. The Morgan fingerprint density at radius 2 is 2.24 bits per heavy atom. The Hall–Kier alpha value is -1.26. The minimum Gasteiger partial charge on any atom is -0.497 e. The molecule has 94 valence electrons. The fourth-order valence-corrected chi connectivity index (χ4v) is 1.83. The van der Waals surface area contributed by atoms with E-state index in [4.69, 9.17) is 10.5 Å². The van der Waals surface area contributed by atoms with Crippen molar-refractivity contribution in [1.29, 1.82) is 0 Å². The first kappa shape index (κ1) is 13.8. The van der Waals surface area contributed by atoms with Gasteiger partial charge in [0, 0.05) is 23.1 Å². The normalized spacial score (nSPS) is 12.2. The molecule has 0 aliphatic carbocycles. The fraction of sp³-hybridized carbons (Fsp3) is 0.333. The van der Waals surface area contributed by atoms with Crippen LogP contribution in [0.2, 0.25) is 0 Å². The van der Waals surface area contributed by atoms with Gasteiger partial charge < -0.3 is 15.5 Å². The molecule has 1 heterocycles. The molecule has 0 aliphatic rings. The topological polar surface area (TPSA) is 51.0 Å². The summed E-state index contributed by atoms with van der Waals surface area (Å²) in [5, 5.41) is 1.00. The maximum Gasteiger partial charge on any atom is 0.119 e. The highest BCUT2D eigenvalue weighted by Crippen LogP contribution is 2.27. The van der Waals surface area contributed by atoms with E-state index in [1.807, 2.05) is 24.4 Å². The van der Waals surface area contributed by atoms with E-state index in [9.17, 15) is 4.39 Å². The van der Waals surface area contributed by atoms with Crippen LogP contribution in [0.4, 0.5) is 4.39 Å². The van der Waals surface area contributed by atoms with E-state index in [1.54, 1.807) is 7.11 Å². The molecule has 0 saturated heterocycles. The number of ether oxygens (including phenoxy) is 1. The largest absolute Gasteiger partial charge is 0.497 e. The Morgan fingerprint density at radius 1 is 1.47 bits per heavy atom. The summed E-state index contributed by atoms with van der Waals surface area (Å²) in [7, 11) is 1.62. The third kappa shape index (κ3) is 2.70. The Kier molecular flexibility index (Phi) is 4.78. The van der Waals surface area contributed by atoms with Crippen molar-refractivity contribution in [3.63, 3.8) is 0 Å². The maximum absolute atomic E-state index is 12.3. The molecular weight excluding hydrogens is 243 g/mol. The van der Waals surface area contributed by atoms with E-state index < -0.39 is 6.67 Å². The molecule has 5 heteroatoms. The number of aromatic amines is 1. The summed E-state index contributed by atoms with van der Waals surface area (Å²) in [4.78, 5) is 3.12. The summed E-state index contributed by atoms with van der Waals surface area (Å²) >= 11 is 0. The number of hydrogen-bond donors (Lipinski definition) is 2. The minimum atomic E-state index is -0.405. The Bertz CT molecular complexity index is 486. The number of aromatic nitrogens is 1. The SMILES string of the molecule is COc1ccc2[nH]cc([C@@H](N)CCF)c2c1.Cl. The number of nitrogens with one attached hydrogen (secondary N) is 1. The van der Waals surface area contributed by atoms with Gasteiger partial charge in [-0.1, -0.05) is 0 Å². The number of alkyl halides is 1. The van der Waals surface area contributed by atoms with E-state index in [1.165, 1.54) is 0 Å². The minimum absolute atomic E-state index is 0. The van der Waals surface area contributed by atoms with Gasteiger partial charge in [0.05, 0.1) is 13.8 Å². The van der Waals surface area contributed by atoms with E-state index in [0.29, 0.717) is 6.42 Å². The Balaban J connectivity index is 0.00000144. The molecular formula is C12H16ClFN2O. The molecule has 1 aromatic heterocycles. The van der Waals surface area contributed by atoms with Crippen LogP contribution in [-0.2, 0) is 0 Å². The van der Waals surface area contributed by atoms with Crippen molar-refractivity contribution in [3.05, 3.63) is 30.0 Å². The molecule has 0 aliphatic heterocycles. The molecule has 2 aromatic rings. The first-order chi connectivity index (χ1) is 7.76. The highest BCUT2D eigenvalue weighted by molar-refractivity contribution is 5.85. The molecule has 0 amide bonds. The van der Waals surface area contributed by atoms with Gasteiger partial charge in [-0.15, -0.1) is 12.4 Å². The van der Waals surface area contributed by atoms with Crippen molar-refractivity contribution in [1.82, 2.24) is 4.98 Å². The monoisotopic (exact) mass is 258 g/mol. The summed E-state index contributed by atoms with van der Waals surface area (Å²) in [6, 6.07) is 5.45. The van der Waals surface area contributed by atoms with Crippen LogP contribution in [0.1, 0.15) is 18.0 Å². The van der Waals surface area contributed by atoms with Crippen LogP contribution >= 0.6 is 12.4 Å². The Labute approximate surface area is 106 Å². The van der Waals surface area contributed by atoms with Crippen molar-refractivity contribution < 1.29 is 9.13 Å². The zero-order valence-electron chi connectivity index (χ0n) is 9.57. The number of benzene rings is 1. The molecule has 2 rings (SSSR count). The average molecular weight is 259 g/mol. The predicted molar refractivity (Wildman–Crippen MR) is 69.6 cm³/mol. The van der Waals surface area contributed by atoms with Crippen LogP contribution in [0.15, 0.2) is 24.4 Å². The average Bonchev–Trinajstić information content (AvgIpc) is 2.71. The van der Waals surface area contributed by atoms with E-state index in [2.05, 4.69) is 4.98 Å². The summed E-state index contributed by atoms with van der Waals surface area (Å²) in [5.74, 6) is 0.779. The lowest BCUT2D eigenvalue weighted by Gasteiger charge is -2.08. The number of nitrogens with two attached hydrogens (primary N) is 1. The summed E-state index contributed by atoms with van der Waals surface area (Å²) in [6.07, 6.45) is 2.18. The van der Waals surface area contributed by atoms with Crippen LogP contribution in [0.5, 0.6) is 5.75 Å². The molecule has 0 spiro atoms. The number of H-pyrrole nitrogens is 1. The first-order valence-electron chi connectivity index (χ1n) is 5.23. The van der Waals surface area contributed by atoms with Gasteiger partial charge in [-0.3, -0.25) is 4.39 Å². The third-order valence-corrected chi connectivity index (χ3v) is 2.74. The van der Waals surface area contributed by atoms with Crippen LogP contribution in [0.3, 0.4) is 0 Å². The number of methoxy groups -OCH3 is 1.